The molecule has 2 aliphatic rings. The fraction of sp³-hybridized carbons (Fsp3) is 0.956. The van der Waals surface area contributed by atoms with Crippen LogP contribution in [0.15, 0.2) is 12.2 Å². The normalized spacial score (nSPS) is 23.9. The average Bonchev–Trinajstić information content (AvgIpc) is 3.52. The third-order valence-corrected chi connectivity index (χ3v) is 17.5. The molecule has 1 amide bonds. The molecule has 486 valence electrons. The zero-order valence-corrected chi connectivity index (χ0v) is 52.8. The molecule has 12 atom stereocenters. The summed E-state index contributed by atoms with van der Waals surface area (Å²) in [6, 6.07) is -0.911. The number of carbonyl (C=O) groups excluding carboxylic acids is 1. The molecule has 2 fully saturated rings. The van der Waals surface area contributed by atoms with E-state index in [4.69, 9.17) is 18.9 Å². The van der Waals surface area contributed by atoms with E-state index >= 15 is 0 Å². The van der Waals surface area contributed by atoms with E-state index in [9.17, 15) is 45.6 Å². The molecule has 0 aromatic carbocycles. The zero-order chi connectivity index (χ0) is 59.5. The van der Waals surface area contributed by atoms with Crippen LogP contribution in [0.3, 0.4) is 0 Å². The Balaban J connectivity index is 1.68. The summed E-state index contributed by atoms with van der Waals surface area (Å²) in [5.74, 6) is -0.231. The van der Waals surface area contributed by atoms with Crippen molar-refractivity contribution < 1.29 is 64.6 Å². The van der Waals surface area contributed by atoms with Gasteiger partial charge in [-0.1, -0.05) is 309 Å². The Hall–Kier alpha value is -1.27. The Morgan fingerprint density at radius 1 is 0.427 bits per heavy atom. The molecule has 0 radical (unpaired) electrons. The summed E-state index contributed by atoms with van der Waals surface area (Å²) >= 11 is 0. The summed E-state index contributed by atoms with van der Waals surface area (Å²) in [4.78, 5) is 13.3. The van der Waals surface area contributed by atoms with Crippen molar-refractivity contribution in [1.82, 2.24) is 5.32 Å². The van der Waals surface area contributed by atoms with E-state index in [2.05, 4.69) is 19.2 Å². The highest BCUT2D eigenvalue weighted by Gasteiger charge is 2.51. The SMILES string of the molecule is CCCCCCCCCCCCCCCCCCCCCCCCCCCC/C=C/C(O)C(COC1OC(CO)C(OC2OC(CO)C(O)C(O)C2O)C(O)C1O)NC(=O)CCCCCCCCCCCCCCCCCCCCCC. The van der Waals surface area contributed by atoms with Gasteiger partial charge in [-0.05, 0) is 19.3 Å². The van der Waals surface area contributed by atoms with Gasteiger partial charge in [0.2, 0.25) is 5.91 Å². The van der Waals surface area contributed by atoms with Crippen molar-refractivity contribution in [3.05, 3.63) is 12.2 Å². The van der Waals surface area contributed by atoms with E-state index in [1.54, 1.807) is 6.08 Å². The van der Waals surface area contributed by atoms with E-state index in [1.807, 2.05) is 6.08 Å². The highest BCUT2D eigenvalue weighted by Crippen LogP contribution is 2.30. The fourth-order valence-corrected chi connectivity index (χ4v) is 11.9. The van der Waals surface area contributed by atoms with Gasteiger partial charge < -0.3 is 65.1 Å². The second kappa shape index (κ2) is 53.9. The minimum Gasteiger partial charge on any atom is -0.394 e. The highest BCUT2D eigenvalue weighted by atomic mass is 16.7. The van der Waals surface area contributed by atoms with Gasteiger partial charge in [0.15, 0.2) is 12.6 Å². The highest BCUT2D eigenvalue weighted by molar-refractivity contribution is 5.76. The van der Waals surface area contributed by atoms with Gasteiger partial charge in [0, 0.05) is 6.42 Å². The van der Waals surface area contributed by atoms with E-state index in [0.29, 0.717) is 6.42 Å². The molecule has 0 spiro atoms. The smallest absolute Gasteiger partial charge is 0.220 e. The van der Waals surface area contributed by atoms with E-state index in [0.717, 1.165) is 38.5 Å². The maximum Gasteiger partial charge on any atom is 0.220 e. The van der Waals surface area contributed by atoms with Crippen LogP contribution in [0.25, 0.3) is 0 Å². The van der Waals surface area contributed by atoms with Crippen molar-refractivity contribution in [1.29, 1.82) is 0 Å². The summed E-state index contributed by atoms with van der Waals surface area (Å²) in [7, 11) is 0. The molecule has 2 saturated heterocycles. The van der Waals surface area contributed by atoms with Gasteiger partial charge in [0.1, 0.15) is 48.8 Å². The molecule has 9 N–H and O–H groups in total. The van der Waals surface area contributed by atoms with Crippen molar-refractivity contribution in [3.63, 3.8) is 0 Å². The number of amides is 1. The summed E-state index contributed by atoms with van der Waals surface area (Å²) in [5.41, 5.74) is 0. The Bertz CT molecular complexity index is 1420. The van der Waals surface area contributed by atoms with Crippen molar-refractivity contribution in [3.8, 4) is 0 Å². The number of allylic oxidation sites excluding steroid dienone is 1. The molecular formula is C68H131NO13. The number of unbranched alkanes of at least 4 members (excludes halogenated alkanes) is 45. The van der Waals surface area contributed by atoms with Crippen molar-refractivity contribution in [2.75, 3.05) is 19.8 Å². The first-order chi connectivity index (χ1) is 40.1. The Labute approximate surface area is 501 Å². The number of aliphatic hydroxyl groups is 8. The Morgan fingerprint density at radius 2 is 0.756 bits per heavy atom. The number of carbonyl (C=O) groups is 1. The lowest BCUT2D eigenvalue weighted by Gasteiger charge is -2.46. The van der Waals surface area contributed by atoms with Crippen LogP contribution in [0.4, 0.5) is 0 Å². The molecule has 14 heteroatoms. The van der Waals surface area contributed by atoms with Crippen LogP contribution in [-0.2, 0) is 23.7 Å². The molecular weight excluding hydrogens is 1040 g/mol. The Morgan fingerprint density at radius 3 is 1.12 bits per heavy atom. The van der Waals surface area contributed by atoms with Gasteiger partial charge in [0.25, 0.3) is 0 Å². The lowest BCUT2D eigenvalue weighted by molar-refractivity contribution is -0.359. The molecule has 0 saturated carbocycles. The number of hydrogen-bond acceptors (Lipinski definition) is 13. The quantitative estimate of drug-likeness (QED) is 0.0204. The van der Waals surface area contributed by atoms with Crippen LogP contribution in [0.2, 0.25) is 0 Å². The first kappa shape index (κ1) is 76.8. The summed E-state index contributed by atoms with van der Waals surface area (Å²) < 4.78 is 22.9. The van der Waals surface area contributed by atoms with E-state index in [1.165, 1.54) is 257 Å². The number of hydrogen-bond donors (Lipinski definition) is 9. The monoisotopic (exact) mass is 1170 g/mol. The standard InChI is InChI=1S/C68H131NO13/c1-3-5-7-9-11-13-15-17-19-21-23-25-26-27-28-29-30-31-32-33-35-37-39-41-43-45-47-49-51-57(72)56(69-60(73)52-50-48-46-44-42-40-38-36-34-24-22-20-18-16-14-12-10-8-6-4-2)55-79-67-65(78)63(76)66(59(54-71)81-67)82-68-64(77)62(75)61(74)58(53-70)80-68/h49,51,56-59,61-68,70-72,74-78H,3-48,50,52-55H2,1-2H3,(H,69,73)/b51-49+. The van der Waals surface area contributed by atoms with E-state index in [-0.39, 0.29) is 18.9 Å². The van der Waals surface area contributed by atoms with Crippen LogP contribution in [0.1, 0.15) is 322 Å². The van der Waals surface area contributed by atoms with Crippen molar-refractivity contribution in [2.24, 2.45) is 0 Å². The van der Waals surface area contributed by atoms with Crippen LogP contribution in [0.5, 0.6) is 0 Å². The second-order valence-corrected chi connectivity index (χ2v) is 25.0. The molecule has 2 aliphatic heterocycles. The molecule has 0 aromatic heterocycles. The van der Waals surface area contributed by atoms with Crippen molar-refractivity contribution in [2.45, 2.75) is 396 Å². The fourth-order valence-electron chi connectivity index (χ4n) is 11.9. The van der Waals surface area contributed by atoms with Gasteiger partial charge in [-0.2, -0.15) is 0 Å². The van der Waals surface area contributed by atoms with Crippen molar-refractivity contribution >= 4 is 5.91 Å². The van der Waals surface area contributed by atoms with Gasteiger partial charge in [0.05, 0.1) is 32.0 Å². The maximum atomic E-state index is 13.3. The van der Waals surface area contributed by atoms with E-state index < -0.39 is 86.8 Å². The zero-order valence-electron chi connectivity index (χ0n) is 52.8. The number of nitrogens with one attached hydrogen (secondary N) is 1. The molecule has 2 rings (SSSR count). The second-order valence-electron chi connectivity index (χ2n) is 25.0. The Kier molecular flexibility index (Phi) is 50.5. The molecule has 0 bridgehead atoms. The summed E-state index contributed by atoms with van der Waals surface area (Å²) in [6.45, 7) is 2.86. The van der Waals surface area contributed by atoms with Gasteiger partial charge in [-0.25, -0.2) is 0 Å². The molecule has 12 unspecified atom stereocenters. The number of ether oxygens (including phenoxy) is 4. The van der Waals surface area contributed by atoms with Gasteiger partial charge in [-0.3, -0.25) is 4.79 Å². The molecule has 0 aromatic rings. The van der Waals surface area contributed by atoms with Crippen LogP contribution in [0, 0.1) is 0 Å². The third-order valence-electron chi connectivity index (χ3n) is 17.5. The number of aliphatic hydroxyl groups excluding tert-OH is 8. The molecule has 0 aliphatic carbocycles. The van der Waals surface area contributed by atoms with Crippen LogP contribution in [-0.4, -0.2) is 140 Å². The minimum absolute atomic E-state index is 0.231. The molecule has 14 nitrogen and oxygen atoms in total. The number of rotatable bonds is 58. The predicted molar refractivity (Wildman–Crippen MR) is 332 cm³/mol. The van der Waals surface area contributed by atoms with Gasteiger partial charge in [-0.15, -0.1) is 0 Å². The molecule has 82 heavy (non-hydrogen) atoms. The summed E-state index contributed by atoms with van der Waals surface area (Å²) in [5, 5.41) is 87.4. The largest absolute Gasteiger partial charge is 0.394 e. The topological polar surface area (TPSA) is 228 Å². The third kappa shape index (κ3) is 38.1. The summed E-state index contributed by atoms with van der Waals surface area (Å²) in [6.07, 6.45) is 48.4. The van der Waals surface area contributed by atoms with Gasteiger partial charge >= 0.3 is 0 Å². The molecule has 2 heterocycles. The minimum atomic E-state index is -1.79. The van der Waals surface area contributed by atoms with Crippen LogP contribution >= 0.6 is 0 Å². The average molecular weight is 1170 g/mol. The maximum absolute atomic E-state index is 13.3. The predicted octanol–water partition coefficient (Wildman–Crippen LogP) is 13.8. The lowest BCUT2D eigenvalue weighted by Crippen LogP contribution is -2.65. The van der Waals surface area contributed by atoms with Crippen LogP contribution < -0.4 is 5.32 Å². The first-order valence-corrected chi connectivity index (χ1v) is 34.9. The first-order valence-electron chi connectivity index (χ1n) is 34.9. The lowest BCUT2D eigenvalue weighted by atomic mass is 9.97.